The zero-order chi connectivity index (χ0) is 55.2. The smallest absolute Gasteiger partial charge is 0.306 e. The average molecular weight is 1070 g/mol. The second-order valence-electron chi connectivity index (χ2n) is 23.6. The lowest BCUT2D eigenvalue weighted by molar-refractivity contribution is -0.220. The van der Waals surface area contributed by atoms with Gasteiger partial charge in [0.1, 0.15) is 24.4 Å². The topological polar surface area (TPSA) is 273 Å². The third-order valence-corrected chi connectivity index (χ3v) is 19.9. The molecule has 8 aliphatic rings. The fraction of sp³-hybridized carbons (Fsp3) is 0.719. The van der Waals surface area contributed by atoms with Gasteiger partial charge in [-0.2, -0.15) is 0 Å². The minimum absolute atomic E-state index is 0.0119. The van der Waals surface area contributed by atoms with Crippen molar-refractivity contribution in [3.8, 4) is 0 Å². The van der Waals surface area contributed by atoms with E-state index in [2.05, 4.69) is 0 Å². The zero-order valence-electron chi connectivity index (χ0n) is 44.3. The van der Waals surface area contributed by atoms with Crippen LogP contribution in [0.25, 0.3) is 0 Å². The van der Waals surface area contributed by atoms with Gasteiger partial charge in [-0.3, -0.25) is 38.4 Å². The second-order valence-corrected chi connectivity index (χ2v) is 23.6. The van der Waals surface area contributed by atoms with Crippen LogP contribution in [-0.4, -0.2) is 149 Å². The van der Waals surface area contributed by atoms with Gasteiger partial charge in [-0.25, -0.2) is 4.39 Å². The van der Waals surface area contributed by atoms with Gasteiger partial charge in [0.15, 0.2) is 30.4 Å². The van der Waals surface area contributed by atoms with Crippen molar-refractivity contribution in [3.63, 3.8) is 0 Å². The van der Waals surface area contributed by atoms with Gasteiger partial charge in [-0.1, -0.05) is 51.0 Å². The van der Waals surface area contributed by atoms with Gasteiger partial charge in [0.05, 0.1) is 64.3 Å². The highest BCUT2D eigenvalue weighted by atomic mass is 19.1. The number of hydrogen-bond donors (Lipinski definition) is 4. The maximum atomic E-state index is 17.5. The number of Topliss-reactive ketones (excluding diaryl/α,β-unsaturated/α-hetero) is 2. The molecule has 0 aromatic carbocycles. The second kappa shape index (κ2) is 21.8. The number of ether oxygens (including phenoxy) is 6. The van der Waals surface area contributed by atoms with Crippen LogP contribution in [0.2, 0.25) is 0 Å². The summed E-state index contributed by atoms with van der Waals surface area (Å²) in [6.07, 6.45) is 8.83. The highest BCUT2D eigenvalue weighted by Crippen LogP contribution is 2.71. The van der Waals surface area contributed by atoms with Crippen molar-refractivity contribution in [2.75, 3.05) is 52.9 Å². The number of esters is 4. The van der Waals surface area contributed by atoms with E-state index in [1.807, 2.05) is 19.9 Å². The highest BCUT2D eigenvalue weighted by molar-refractivity contribution is 6.02. The molecule has 8 rings (SSSR count). The van der Waals surface area contributed by atoms with E-state index < -0.39 is 124 Å². The molecule has 0 aromatic heterocycles. The molecular formula is C57H75FO18. The van der Waals surface area contributed by atoms with E-state index >= 15 is 4.39 Å². The van der Waals surface area contributed by atoms with Gasteiger partial charge in [0.25, 0.3) is 0 Å². The quantitative estimate of drug-likeness (QED) is 0.0711. The third-order valence-electron chi connectivity index (χ3n) is 19.9. The highest BCUT2D eigenvalue weighted by Gasteiger charge is 2.76. The summed E-state index contributed by atoms with van der Waals surface area (Å²) in [6.45, 7) is 7.53. The molecule has 18 nitrogen and oxygen atoms in total. The van der Waals surface area contributed by atoms with Crippen molar-refractivity contribution in [2.24, 2.45) is 57.2 Å². The number of rotatable bonds is 21. The minimum atomic E-state index is -2.13. The van der Waals surface area contributed by atoms with Gasteiger partial charge < -0.3 is 48.8 Å². The number of carbonyl (C=O) groups excluding carboxylic acids is 8. The lowest BCUT2D eigenvalue weighted by atomic mass is 9.44. The van der Waals surface area contributed by atoms with Crippen LogP contribution in [0.15, 0.2) is 47.6 Å². The van der Waals surface area contributed by atoms with Crippen molar-refractivity contribution in [2.45, 2.75) is 147 Å². The van der Waals surface area contributed by atoms with E-state index in [0.717, 1.165) is 12.0 Å². The first-order chi connectivity index (χ1) is 35.8. The number of halogens is 1. The largest absolute Gasteiger partial charge is 0.463 e. The van der Waals surface area contributed by atoms with Gasteiger partial charge in [0.2, 0.25) is 11.6 Å². The molecule has 0 aliphatic heterocycles. The molecular weight excluding hydrogens is 992 g/mol. The van der Waals surface area contributed by atoms with E-state index in [4.69, 9.17) is 28.4 Å². The molecule has 0 aromatic rings. The van der Waals surface area contributed by atoms with Crippen LogP contribution in [0.3, 0.4) is 0 Å². The van der Waals surface area contributed by atoms with Crippen LogP contribution in [-0.2, 0) is 66.8 Å². The lowest BCUT2D eigenvalue weighted by Gasteiger charge is -2.62. The summed E-state index contributed by atoms with van der Waals surface area (Å²) in [5.74, 6) is -6.84. The molecule has 0 spiro atoms. The maximum Gasteiger partial charge on any atom is 0.306 e. The van der Waals surface area contributed by atoms with Crippen LogP contribution in [0.1, 0.15) is 118 Å². The Morgan fingerprint density at radius 2 is 1.16 bits per heavy atom. The summed E-state index contributed by atoms with van der Waals surface area (Å²) in [7, 11) is 0. The SMILES string of the molecule is C[C@H]1CC2C3CCC4=CC(=O)C=C[C@]4(C)[C@@]3(F)[C@@H](O)C[C@]2(C)[C@@]1(O)C(=O)COC(=O)CCC(=O)OCCOCCOCCOC(=O)CCC(=O)OCC(=O)[C@@]1(O)CCC2C3CCC4=CC(=O)C=C[C@]4(C)C3[C@@H](O)C[C@@]21C. The van der Waals surface area contributed by atoms with E-state index in [0.29, 0.717) is 37.7 Å². The Balaban J connectivity index is 0.649. The Labute approximate surface area is 442 Å². The van der Waals surface area contributed by atoms with E-state index in [1.165, 1.54) is 18.2 Å². The van der Waals surface area contributed by atoms with Crippen molar-refractivity contribution < 1.29 is 91.6 Å². The number of fused-ring (bicyclic) bond motifs is 10. The van der Waals surface area contributed by atoms with Gasteiger partial charge >= 0.3 is 23.9 Å². The summed E-state index contributed by atoms with van der Waals surface area (Å²) < 4.78 is 48.8. The van der Waals surface area contributed by atoms with E-state index in [-0.39, 0.29) is 107 Å². The van der Waals surface area contributed by atoms with E-state index in [9.17, 15) is 58.8 Å². The molecule has 5 unspecified atom stereocenters. The minimum Gasteiger partial charge on any atom is -0.463 e. The van der Waals surface area contributed by atoms with Crippen LogP contribution in [0.4, 0.5) is 4.39 Å². The molecule has 0 bridgehead atoms. The first-order valence-electron chi connectivity index (χ1n) is 27.0. The lowest BCUT2D eigenvalue weighted by Crippen LogP contribution is -2.69. The molecule has 0 amide bonds. The van der Waals surface area contributed by atoms with Gasteiger partial charge in [0, 0.05) is 33.5 Å². The van der Waals surface area contributed by atoms with Crippen molar-refractivity contribution >= 4 is 47.0 Å². The predicted octanol–water partition coefficient (Wildman–Crippen LogP) is 4.25. The Bertz CT molecular complexity index is 2480. The van der Waals surface area contributed by atoms with Crippen LogP contribution in [0, 0.1) is 57.2 Å². The summed E-state index contributed by atoms with van der Waals surface area (Å²) in [5, 5.41) is 47.2. The average Bonchev–Trinajstić information content (AvgIpc) is 3.76. The summed E-state index contributed by atoms with van der Waals surface area (Å²) >= 11 is 0. The standard InChI is InChI=1S/C57H75FO18/c1-33-26-41-40-9-7-35-28-37(60)15-18-52(35,3)56(40,58)43(62)30-54(41,5)57(33,70)45(64)32-76-49(68)13-11-47(66)74-25-23-72-21-20-71-22-24-73-46(65)10-12-48(67)75-31-44(63)55(69)19-16-39-38-8-6-34-27-36(59)14-17-51(34,2)50(38)42(61)29-53(39,55)4/h14-15,17-18,27-28,33,38-43,50,61-62,69-70H,6-13,16,19-26,29-32H2,1-5H3/t33-,38?,39?,40?,41?,42-,43-,50?,51-,52-,53-,54-,55-,56-,57-/m0/s1. The van der Waals surface area contributed by atoms with Crippen LogP contribution >= 0.6 is 0 Å². The molecule has 19 heteroatoms. The number of allylic oxidation sites excluding steroid dienone is 8. The Hall–Kier alpha value is -4.79. The molecule has 0 heterocycles. The maximum absolute atomic E-state index is 17.5. The van der Waals surface area contributed by atoms with Crippen molar-refractivity contribution in [1.82, 2.24) is 0 Å². The molecule has 6 fully saturated rings. The number of ketones is 4. The van der Waals surface area contributed by atoms with Gasteiger partial charge in [-0.05, 0) is 113 Å². The number of aliphatic hydroxyl groups excluding tert-OH is 2. The fourth-order valence-corrected chi connectivity index (χ4v) is 15.9. The Kier molecular flexibility index (Phi) is 16.5. The van der Waals surface area contributed by atoms with Crippen LogP contribution < -0.4 is 0 Å². The van der Waals surface area contributed by atoms with Gasteiger partial charge in [-0.15, -0.1) is 0 Å². The summed E-state index contributed by atoms with van der Waals surface area (Å²) in [6, 6.07) is 0. The Morgan fingerprint density at radius 1 is 0.632 bits per heavy atom. The van der Waals surface area contributed by atoms with Crippen LogP contribution in [0.5, 0.6) is 0 Å². The first kappa shape index (κ1) is 57.4. The predicted molar refractivity (Wildman–Crippen MR) is 265 cm³/mol. The number of carbonyl (C=O) groups is 8. The summed E-state index contributed by atoms with van der Waals surface area (Å²) in [4.78, 5) is 101. The third kappa shape index (κ3) is 9.81. The molecule has 0 saturated heterocycles. The van der Waals surface area contributed by atoms with E-state index in [1.54, 1.807) is 32.9 Å². The molecule has 6 saturated carbocycles. The fourth-order valence-electron chi connectivity index (χ4n) is 15.9. The Morgan fingerprint density at radius 3 is 1.76 bits per heavy atom. The molecule has 76 heavy (non-hydrogen) atoms. The molecule has 0 radical (unpaired) electrons. The van der Waals surface area contributed by atoms with Crippen molar-refractivity contribution in [3.05, 3.63) is 47.6 Å². The normalized spacial score (nSPS) is 39.7. The molecule has 8 aliphatic carbocycles. The number of aliphatic hydroxyl groups is 4. The molecule has 418 valence electrons. The monoisotopic (exact) mass is 1070 g/mol. The first-order valence-corrected chi connectivity index (χ1v) is 27.0. The zero-order valence-corrected chi connectivity index (χ0v) is 44.3. The molecule has 15 atom stereocenters. The number of alkyl halides is 1. The van der Waals surface area contributed by atoms with Crippen molar-refractivity contribution in [1.29, 1.82) is 0 Å². The summed E-state index contributed by atoms with van der Waals surface area (Å²) in [5.41, 5.74) is -8.25. The number of hydrogen-bond acceptors (Lipinski definition) is 18. The molecule has 4 N–H and O–H groups in total.